The Kier molecular flexibility index (Phi) is 5.64. The Hall–Kier alpha value is -1.90. The third kappa shape index (κ3) is 3.77. The lowest BCUT2D eigenvalue weighted by Gasteiger charge is -2.34. The molecule has 1 saturated heterocycles. The summed E-state index contributed by atoms with van der Waals surface area (Å²) in [5, 5.41) is 3.77. The Morgan fingerprint density at radius 1 is 1.15 bits per heavy atom. The number of aromatic nitrogens is 1. The van der Waals surface area contributed by atoms with E-state index in [1.165, 1.54) is 4.31 Å². The molecule has 0 atom stereocenters. The Balaban J connectivity index is 1.67. The molecule has 0 radical (unpaired) electrons. The molecule has 1 aromatic heterocycles. The number of piperazine rings is 1. The summed E-state index contributed by atoms with van der Waals surface area (Å²) in [7, 11) is -3.57. The number of ether oxygens (including phenoxy) is 1. The first-order chi connectivity index (χ1) is 12.4. The maximum atomic E-state index is 12.9. The maximum absolute atomic E-state index is 12.9. The molecule has 0 aliphatic carbocycles. The molecule has 142 valence electrons. The SMILES string of the molecule is CCOc1ccccc1CN1CCN(S(=O)(=O)c2c(C)noc2C)CC1. The number of para-hydroxylation sites is 1. The van der Waals surface area contributed by atoms with Gasteiger partial charge in [-0.15, -0.1) is 0 Å². The van der Waals surface area contributed by atoms with Crippen LogP contribution in [-0.4, -0.2) is 55.6 Å². The molecule has 1 aromatic carbocycles. The molecule has 1 fully saturated rings. The molecule has 0 bridgehead atoms. The lowest BCUT2D eigenvalue weighted by Crippen LogP contribution is -2.48. The van der Waals surface area contributed by atoms with Gasteiger partial charge in [0.05, 0.1) is 6.61 Å². The predicted molar refractivity (Wildman–Crippen MR) is 97.6 cm³/mol. The second-order valence-electron chi connectivity index (χ2n) is 6.37. The van der Waals surface area contributed by atoms with Gasteiger partial charge in [0.25, 0.3) is 0 Å². The van der Waals surface area contributed by atoms with Crippen LogP contribution >= 0.6 is 0 Å². The quantitative estimate of drug-likeness (QED) is 0.766. The van der Waals surface area contributed by atoms with Crippen LogP contribution in [0.15, 0.2) is 33.7 Å². The average Bonchev–Trinajstić information content (AvgIpc) is 2.96. The van der Waals surface area contributed by atoms with E-state index < -0.39 is 10.0 Å². The summed E-state index contributed by atoms with van der Waals surface area (Å²) in [5.41, 5.74) is 1.53. The highest BCUT2D eigenvalue weighted by Crippen LogP contribution is 2.25. The van der Waals surface area contributed by atoms with E-state index in [4.69, 9.17) is 9.26 Å². The normalized spacial score (nSPS) is 16.7. The number of hydrogen-bond donors (Lipinski definition) is 0. The van der Waals surface area contributed by atoms with Crippen molar-refractivity contribution in [2.24, 2.45) is 0 Å². The van der Waals surface area contributed by atoms with E-state index in [-0.39, 0.29) is 4.90 Å². The van der Waals surface area contributed by atoms with E-state index in [0.717, 1.165) is 17.9 Å². The number of sulfonamides is 1. The molecule has 0 spiro atoms. The van der Waals surface area contributed by atoms with Gasteiger partial charge in [-0.05, 0) is 26.8 Å². The van der Waals surface area contributed by atoms with Gasteiger partial charge in [-0.25, -0.2) is 8.42 Å². The van der Waals surface area contributed by atoms with E-state index >= 15 is 0 Å². The summed E-state index contributed by atoms with van der Waals surface area (Å²) in [6, 6.07) is 7.98. The first-order valence-electron chi connectivity index (χ1n) is 8.79. The van der Waals surface area contributed by atoms with Crippen LogP contribution in [-0.2, 0) is 16.6 Å². The second kappa shape index (κ2) is 7.77. The van der Waals surface area contributed by atoms with Gasteiger partial charge in [0, 0.05) is 38.3 Å². The highest BCUT2D eigenvalue weighted by atomic mass is 32.2. The summed E-state index contributed by atoms with van der Waals surface area (Å²) in [6.07, 6.45) is 0. The summed E-state index contributed by atoms with van der Waals surface area (Å²) >= 11 is 0. The zero-order valence-electron chi connectivity index (χ0n) is 15.4. The summed E-state index contributed by atoms with van der Waals surface area (Å²) in [5.74, 6) is 1.23. The summed E-state index contributed by atoms with van der Waals surface area (Å²) in [6.45, 7) is 8.86. The van der Waals surface area contributed by atoms with Gasteiger partial charge in [0.2, 0.25) is 10.0 Å². The third-order valence-corrected chi connectivity index (χ3v) is 6.71. The van der Waals surface area contributed by atoms with Crippen molar-refractivity contribution in [2.45, 2.75) is 32.2 Å². The Morgan fingerprint density at radius 3 is 2.46 bits per heavy atom. The average molecular weight is 379 g/mol. The van der Waals surface area contributed by atoms with Crippen LogP contribution in [0.1, 0.15) is 23.9 Å². The first kappa shape index (κ1) is 18.9. The number of nitrogens with zero attached hydrogens (tertiary/aromatic N) is 3. The van der Waals surface area contributed by atoms with Crippen molar-refractivity contribution in [3.8, 4) is 5.75 Å². The molecule has 2 heterocycles. The molecule has 3 rings (SSSR count). The smallest absolute Gasteiger partial charge is 0.248 e. The molecule has 0 N–H and O–H groups in total. The van der Waals surface area contributed by atoms with Crippen LogP contribution in [0.2, 0.25) is 0 Å². The van der Waals surface area contributed by atoms with Crippen molar-refractivity contribution < 1.29 is 17.7 Å². The van der Waals surface area contributed by atoms with Crippen molar-refractivity contribution >= 4 is 10.0 Å². The Labute approximate surface area is 154 Å². The number of aryl methyl sites for hydroxylation is 2. The van der Waals surface area contributed by atoms with Crippen LogP contribution in [0.3, 0.4) is 0 Å². The van der Waals surface area contributed by atoms with Gasteiger partial charge >= 0.3 is 0 Å². The number of benzene rings is 1. The highest BCUT2D eigenvalue weighted by Gasteiger charge is 2.33. The van der Waals surface area contributed by atoms with Crippen LogP contribution in [0.4, 0.5) is 0 Å². The largest absolute Gasteiger partial charge is 0.494 e. The minimum Gasteiger partial charge on any atom is -0.494 e. The molecule has 0 saturated carbocycles. The van der Waals surface area contributed by atoms with E-state index in [1.54, 1.807) is 13.8 Å². The molecule has 0 unspecified atom stereocenters. The summed E-state index contributed by atoms with van der Waals surface area (Å²) < 4.78 is 38.0. The van der Waals surface area contributed by atoms with Crippen molar-refractivity contribution in [3.05, 3.63) is 41.3 Å². The molecule has 2 aromatic rings. The predicted octanol–water partition coefficient (Wildman–Crippen LogP) is 2.20. The molecule has 8 heteroatoms. The number of rotatable bonds is 6. The van der Waals surface area contributed by atoms with Gasteiger partial charge in [0.1, 0.15) is 16.3 Å². The molecule has 1 aliphatic rings. The highest BCUT2D eigenvalue weighted by molar-refractivity contribution is 7.89. The van der Waals surface area contributed by atoms with Gasteiger partial charge in [-0.3, -0.25) is 4.90 Å². The Morgan fingerprint density at radius 2 is 1.85 bits per heavy atom. The van der Waals surface area contributed by atoms with Gasteiger partial charge in [-0.1, -0.05) is 23.4 Å². The van der Waals surface area contributed by atoms with E-state index in [9.17, 15) is 8.42 Å². The van der Waals surface area contributed by atoms with Gasteiger partial charge in [-0.2, -0.15) is 4.31 Å². The van der Waals surface area contributed by atoms with E-state index in [0.29, 0.717) is 44.2 Å². The van der Waals surface area contributed by atoms with Crippen LogP contribution < -0.4 is 4.74 Å². The minimum absolute atomic E-state index is 0.202. The van der Waals surface area contributed by atoms with Gasteiger partial charge in [0.15, 0.2) is 5.76 Å². The fraction of sp³-hybridized carbons (Fsp3) is 0.500. The molecule has 0 amide bonds. The fourth-order valence-corrected chi connectivity index (χ4v) is 4.98. The number of hydrogen-bond acceptors (Lipinski definition) is 6. The van der Waals surface area contributed by atoms with E-state index in [1.807, 2.05) is 25.1 Å². The minimum atomic E-state index is -3.57. The lowest BCUT2D eigenvalue weighted by atomic mass is 10.2. The first-order valence-corrected chi connectivity index (χ1v) is 10.2. The van der Waals surface area contributed by atoms with Gasteiger partial charge < -0.3 is 9.26 Å². The monoisotopic (exact) mass is 379 g/mol. The van der Waals surface area contributed by atoms with Crippen molar-refractivity contribution in [1.82, 2.24) is 14.4 Å². The van der Waals surface area contributed by atoms with E-state index in [2.05, 4.69) is 16.1 Å². The van der Waals surface area contributed by atoms with Crippen molar-refractivity contribution in [2.75, 3.05) is 32.8 Å². The Bertz CT molecular complexity index is 836. The van der Waals surface area contributed by atoms with Crippen molar-refractivity contribution in [1.29, 1.82) is 0 Å². The lowest BCUT2D eigenvalue weighted by molar-refractivity contribution is 0.179. The zero-order chi connectivity index (χ0) is 18.7. The zero-order valence-corrected chi connectivity index (χ0v) is 16.3. The molecule has 7 nitrogen and oxygen atoms in total. The molecule has 26 heavy (non-hydrogen) atoms. The second-order valence-corrected chi connectivity index (χ2v) is 8.25. The summed E-state index contributed by atoms with van der Waals surface area (Å²) in [4.78, 5) is 2.45. The van der Waals surface area contributed by atoms with Crippen molar-refractivity contribution in [3.63, 3.8) is 0 Å². The van der Waals surface area contributed by atoms with Crippen LogP contribution in [0.25, 0.3) is 0 Å². The third-order valence-electron chi connectivity index (χ3n) is 4.56. The standard InChI is InChI=1S/C18H25N3O4S/c1-4-24-17-8-6-5-7-16(17)13-20-9-11-21(12-10-20)26(22,23)18-14(2)19-25-15(18)3/h5-8H,4,9-13H2,1-3H3. The van der Waals surface area contributed by atoms with Crippen LogP contribution in [0.5, 0.6) is 5.75 Å². The molecular weight excluding hydrogens is 354 g/mol. The maximum Gasteiger partial charge on any atom is 0.248 e. The molecular formula is C18H25N3O4S. The topological polar surface area (TPSA) is 75.9 Å². The fourth-order valence-electron chi connectivity index (χ4n) is 3.27. The van der Waals surface area contributed by atoms with Crippen LogP contribution in [0, 0.1) is 13.8 Å². The molecule has 1 aliphatic heterocycles.